The van der Waals surface area contributed by atoms with E-state index in [9.17, 15) is 9.59 Å². The molecule has 0 N–H and O–H groups in total. The number of ether oxygens (including phenoxy) is 1. The van der Waals surface area contributed by atoms with E-state index in [1.54, 1.807) is 0 Å². The van der Waals surface area contributed by atoms with Crippen LogP contribution in [0, 0.1) is 0 Å². The van der Waals surface area contributed by atoms with E-state index in [1.807, 2.05) is 27.7 Å². The van der Waals surface area contributed by atoms with Crippen LogP contribution >= 0.6 is 0 Å². The lowest BCUT2D eigenvalue weighted by Crippen LogP contribution is -2.41. The van der Waals surface area contributed by atoms with Crippen molar-refractivity contribution >= 4 is 11.9 Å². The molecule has 1 aliphatic rings. The van der Waals surface area contributed by atoms with E-state index in [4.69, 9.17) is 4.74 Å². The molecule has 1 heterocycles. The molecule has 0 aromatic heterocycles. The molecule has 0 bridgehead atoms. The molecule has 0 spiro atoms. The van der Waals surface area contributed by atoms with Crippen LogP contribution in [0.25, 0.3) is 0 Å². The summed E-state index contributed by atoms with van der Waals surface area (Å²) in [6.45, 7) is 7.87. The Hall–Kier alpha value is -1.06. The molecule has 1 saturated heterocycles. The lowest BCUT2D eigenvalue weighted by atomic mass is 10.1. The zero-order valence-corrected chi connectivity index (χ0v) is 9.87. The number of ketones is 1. The second-order valence-electron chi connectivity index (χ2n) is 4.81. The highest BCUT2D eigenvalue weighted by Crippen LogP contribution is 2.20. The summed E-state index contributed by atoms with van der Waals surface area (Å²) in [6.07, 6.45) is 0.746. The monoisotopic (exact) mass is 213 g/mol. The molecule has 0 aromatic carbocycles. The van der Waals surface area contributed by atoms with Crippen molar-refractivity contribution in [1.82, 2.24) is 4.90 Å². The zero-order chi connectivity index (χ0) is 11.6. The topological polar surface area (TPSA) is 46.6 Å². The van der Waals surface area contributed by atoms with Crippen LogP contribution in [0.1, 0.15) is 40.5 Å². The van der Waals surface area contributed by atoms with E-state index in [1.165, 1.54) is 4.90 Å². The van der Waals surface area contributed by atoms with Crippen molar-refractivity contribution in [2.75, 3.05) is 6.54 Å². The summed E-state index contributed by atoms with van der Waals surface area (Å²) in [5, 5.41) is 0. The Morgan fingerprint density at radius 2 is 2.13 bits per heavy atom. The second kappa shape index (κ2) is 4.21. The first kappa shape index (κ1) is 12.0. The minimum Gasteiger partial charge on any atom is -0.444 e. The van der Waals surface area contributed by atoms with Gasteiger partial charge in [0.15, 0.2) is 5.78 Å². The molecule has 0 aliphatic carbocycles. The van der Waals surface area contributed by atoms with Gasteiger partial charge in [0.2, 0.25) is 0 Å². The van der Waals surface area contributed by atoms with Gasteiger partial charge in [0.05, 0.1) is 6.04 Å². The largest absolute Gasteiger partial charge is 0.444 e. The Balaban J connectivity index is 2.64. The summed E-state index contributed by atoms with van der Waals surface area (Å²) in [5.74, 6) is 0.142. The van der Waals surface area contributed by atoms with Crippen molar-refractivity contribution in [1.29, 1.82) is 0 Å². The van der Waals surface area contributed by atoms with E-state index in [2.05, 4.69) is 0 Å². The molecular formula is C11H19NO3. The first-order chi connectivity index (χ1) is 6.85. The smallest absolute Gasteiger partial charge is 0.410 e. The van der Waals surface area contributed by atoms with E-state index in [-0.39, 0.29) is 17.9 Å². The van der Waals surface area contributed by atoms with Gasteiger partial charge in [-0.15, -0.1) is 0 Å². The van der Waals surface area contributed by atoms with Crippen LogP contribution in [0.3, 0.4) is 0 Å². The molecule has 4 nitrogen and oxygen atoms in total. The Bertz CT molecular complexity index is 267. The van der Waals surface area contributed by atoms with E-state index in [0.717, 1.165) is 0 Å². The fourth-order valence-corrected chi connectivity index (χ4v) is 1.71. The van der Waals surface area contributed by atoms with Crippen molar-refractivity contribution in [3.05, 3.63) is 0 Å². The minimum absolute atomic E-state index is 0.142. The molecule has 0 saturated carbocycles. The van der Waals surface area contributed by atoms with Gasteiger partial charge in [-0.2, -0.15) is 0 Å². The van der Waals surface area contributed by atoms with Crippen molar-refractivity contribution in [2.45, 2.75) is 52.2 Å². The number of likely N-dealkylation sites (tertiary alicyclic amines) is 1. The van der Waals surface area contributed by atoms with Crippen molar-refractivity contribution in [3.8, 4) is 0 Å². The highest BCUT2D eigenvalue weighted by atomic mass is 16.6. The second-order valence-corrected chi connectivity index (χ2v) is 4.81. The van der Waals surface area contributed by atoms with Gasteiger partial charge in [-0.3, -0.25) is 9.69 Å². The molecule has 0 radical (unpaired) electrons. The summed E-state index contributed by atoms with van der Waals surface area (Å²) >= 11 is 0. The van der Waals surface area contributed by atoms with E-state index in [0.29, 0.717) is 19.4 Å². The molecular weight excluding hydrogens is 194 g/mol. The van der Waals surface area contributed by atoms with Gasteiger partial charge < -0.3 is 4.74 Å². The number of nitrogens with zero attached hydrogens (tertiary/aromatic N) is 1. The number of rotatable bonds is 1. The molecule has 4 heteroatoms. The van der Waals surface area contributed by atoms with E-state index < -0.39 is 5.60 Å². The van der Waals surface area contributed by atoms with Gasteiger partial charge in [-0.05, 0) is 27.2 Å². The predicted molar refractivity (Wildman–Crippen MR) is 56.6 cm³/mol. The molecule has 1 atom stereocenters. The third-order valence-electron chi connectivity index (χ3n) is 2.36. The maximum Gasteiger partial charge on any atom is 0.410 e. The van der Waals surface area contributed by atoms with Crippen LogP contribution in [0.5, 0.6) is 0 Å². The number of amides is 1. The highest BCUT2D eigenvalue weighted by Gasteiger charge is 2.36. The molecule has 1 rings (SSSR count). The van der Waals surface area contributed by atoms with Crippen LogP contribution in [0.2, 0.25) is 0 Å². The molecule has 1 aliphatic heterocycles. The Kier molecular flexibility index (Phi) is 3.37. The van der Waals surface area contributed by atoms with Gasteiger partial charge >= 0.3 is 6.09 Å². The number of carbonyl (C=O) groups excluding carboxylic acids is 2. The Morgan fingerprint density at radius 1 is 1.53 bits per heavy atom. The molecule has 0 unspecified atom stereocenters. The third kappa shape index (κ3) is 2.94. The Labute approximate surface area is 90.6 Å². The van der Waals surface area contributed by atoms with E-state index >= 15 is 0 Å². The standard InChI is InChI=1S/C11H19NO3/c1-5-8-9(13)6-7-12(8)10(14)15-11(2,3)4/h8H,5-7H2,1-4H3/t8-/m0/s1. The normalized spacial score (nSPS) is 22.0. The summed E-state index contributed by atoms with van der Waals surface area (Å²) < 4.78 is 5.24. The van der Waals surface area contributed by atoms with Gasteiger partial charge in [0, 0.05) is 13.0 Å². The van der Waals surface area contributed by atoms with Crippen LogP contribution in [0.15, 0.2) is 0 Å². The van der Waals surface area contributed by atoms with Gasteiger partial charge in [-0.25, -0.2) is 4.79 Å². The molecule has 15 heavy (non-hydrogen) atoms. The quantitative estimate of drug-likeness (QED) is 0.669. The number of Topliss-reactive ketones (excluding diaryl/α,β-unsaturated/α-hetero) is 1. The number of carbonyl (C=O) groups is 2. The van der Waals surface area contributed by atoms with Gasteiger partial charge in [-0.1, -0.05) is 6.92 Å². The lowest BCUT2D eigenvalue weighted by Gasteiger charge is -2.27. The van der Waals surface area contributed by atoms with Crippen molar-refractivity contribution in [3.63, 3.8) is 0 Å². The number of hydrogen-bond acceptors (Lipinski definition) is 3. The average Bonchev–Trinajstić information content (AvgIpc) is 2.43. The molecule has 1 fully saturated rings. The summed E-state index contributed by atoms with van der Waals surface area (Å²) in [7, 11) is 0. The summed E-state index contributed by atoms with van der Waals surface area (Å²) in [6, 6.07) is -0.278. The first-order valence-electron chi connectivity index (χ1n) is 5.37. The maximum absolute atomic E-state index is 11.7. The van der Waals surface area contributed by atoms with Crippen molar-refractivity contribution in [2.24, 2.45) is 0 Å². The van der Waals surface area contributed by atoms with Gasteiger partial charge in [0.25, 0.3) is 0 Å². The van der Waals surface area contributed by atoms with Crippen LogP contribution in [-0.4, -0.2) is 35.0 Å². The first-order valence-corrected chi connectivity index (χ1v) is 5.37. The SMILES string of the molecule is CC[C@H]1C(=O)CCN1C(=O)OC(C)(C)C. The summed E-state index contributed by atoms with van der Waals surface area (Å²) in [5.41, 5.74) is -0.499. The maximum atomic E-state index is 11.7. The summed E-state index contributed by atoms with van der Waals surface area (Å²) in [4.78, 5) is 24.7. The molecule has 0 aromatic rings. The lowest BCUT2D eigenvalue weighted by molar-refractivity contribution is -0.120. The van der Waals surface area contributed by atoms with Crippen LogP contribution < -0.4 is 0 Å². The average molecular weight is 213 g/mol. The van der Waals surface area contributed by atoms with Crippen molar-refractivity contribution < 1.29 is 14.3 Å². The van der Waals surface area contributed by atoms with Gasteiger partial charge in [0.1, 0.15) is 5.60 Å². The molecule has 1 amide bonds. The number of hydrogen-bond donors (Lipinski definition) is 0. The minimum atomic E-state index is -0.499. The highest BCUT2D eigenvalue weighted by molar-refractivity contribution is 5.90. The van der Waals surface area contributed by atoms with Crippen LogP contribution in [-0.2, 0) is 9.53 Å². The fraction of sp³-hybridized carbons (Fsp3) is 0.818. The predicted octanol–water partition coefficient (Wildman–Crippen LogP) is 1.97. The third-order valence-corrected chi connectivity index (χ3v) is 2.36. The zero-order valence-electron chi connectivity index (χ0n) is 9.87. The van der Waals surface area contributed by atoms with Crippen LogP contribution in [0.4, 0.5) is 4.79 Å². The fourth-order valence-electron chi connectivity index (χ4n) is 1.71. The Morgan fingerprint density at radius 3 is 2.60 bits per heavy atom. The molecule has 86 valence electrons.